The summed E-state index contributed by atoms with van der Waals surface area (Å²) in [5.41, 5.74) is 0.386. The number of ether oxygens (including phenoxy) is 2. The second-order valence-corrected chi connectivity index (χ2v) is 9.10. The van der Waals surface area contributed by atoms with Gasteiger partial charge in [0.1, 0.15) is 0 Å². The molecule has 30 heavy (non-hydrogen) atoms. The highest BCUT2D eigenvalue weighted by atomic mass is 16.5. The van der Waals surface area contributed by atoms with Crippen LogP contribution in [0.5, 0.6) is 0 Å². The molecule has 0 N–H and O–H groups in total. The Morgan fingerprint density at radius 3 is 2.83 bits per heavy atom. The minimum absolute atomic E-state index is 0.0407. The number of nitrogens with zero attached hydrogens (tertiary/aromatic N) is 3. The van der Waals surface area contributed by atoms with Crippen LogP contribution in [0.3, 0.4) is 0 Å². The first-order valence-electron chi connectivity index (χ1n) is 11.4. The average Bonchev–Trinajstić information content (AvgIpc) is 2.77. The maximum absolute atomic E-state index is 13.2. The van der Waals surface area contributed by atoms with Gasteiger partial charge in [-0.15, -0.1) is 0 Å². The lowest BCUT2D eigenvalue weighted by atomic mass is 9.61. The Bertz CT molecular complexity index is 804. The first-order chi connectivity index (χ1) is 14.5. The quantitative estimate of drug-likeness (QED) is 0.679. The van der Waals surface area contributed by atoms with Crippen LogP contribution in [-0.4, -0.2) is 72.4 Å². The van der Waals surface area contributed by atoms with Crippen molar-refractivity contribution >= 4 is 5.97 Å². The van der Waals surface area contributed by atoms with Gasteiger partial charge in [-0.1, -0.05) is 6.07 Å². The third-order valence-electron chi connectivity index (χ3n) is 7.40. The number of carbonyl (C=O) groups excluding carboxylic acids is 1. The topological polar surface area (TPSA) is 64.0 Å². The summed E-state index contributed by atoms with van der Waals surface area (Å²) < 4.78 is 12.7. The number of hydrogen-bond donors (Lipinski definition) is 0. The molecule has 7 heteroatoms. The Labute approximate surface area is 178 Å². The van der Waals surface area contributed by atoms with Gasteiger partial charge in [0.15, 0.2) is 0 Å². The zero-order chi connectivity index (χ0) is 21.1. The molecule has 3 fully saturated rings. The van der Waals surface area contributed by atoms with Crippen LogP contribution in [0, 0.1) is 11.3 Å². The number of piperidine rings is 1. The summed E-state index contributed by atoms with van der Waals surface area (Å²) >= 11 is 0. The molecule has 1 aliphatic carbocycles. The fourth-order valence-electron chi connectivity index (χ4n) is 5.75. The summed E-state index contributed by atoms with van der Waals surface area (Å²) in [6.07, 6.45) is 5.70. The monoisotopic (exact) mass is 417 g/mol. The van der Waals surface area contributed by atoms with Gasteiger partial charge in [0.25, 0.3) is 5.56 Å². The van der Waals surface area contributed by atoms with Gasteiger partial charge in [-0.3, -0.25) is 19.4 Å². The largest absolute Gasteiger partial charge is 0.466 e. The van der Waals surface area contributed by atoms with E-state index in [1.165, 1.54) is 0 Å². The molecule has 0 bridgehead atoms. The second-order valence-electron chi connectivity index (χ2n) is 9.10. The molecule has 7 nitrogen and oxygen atoms in total. The lowest BCUT2D eigenvalue weighted by molar-refractivity contribution is -0.170. The van der Waals surface area contributed by atoms with E-state index in [2.05, 4.69) is 9.80 Å². The van der Waals surface area contributed by atoms with Gasteiger partial charge in [0, 0.05) is 51.0 Å². The molecule has 3 heterocycles. The van der Waals surface area contributed by atoms with Crippen molar-refractivity contribution in [2.24, 2.45) is 18.4 Å². The first kappa shape index (κ1) is 21.5. The molecule has 1 aromatic heterocycles. The van der Waals surface area contributed by atoms with Crippen molar-refractivity contribution in [2.45, 2.75) is 45.2 Å². The van der Waals surface area contributed by atoms with Crippen molar-refractivity contribution in [3.8, 4) is 0 Å². The third kappa shape index (κ3) is 4.20. The Hall–Kier alpha value is -1.70. The van der Waals surface area contributed by atoms with Crippen LogP contribution in [0.25, 0.3) is 0 Å². The van der Waals surface area contributed by atoms with Crippen LogP contribution in [0.1, 0.15) is 38.2 Å². The molecule has 1 saturated carbocycles. The van der Waals surface area contributed by atoms with Crippen molar-refractivity contribution in [1.82, 2.24) is 14.4 Å². The Morgan fingerprint density at radius 1 is 1.27 bits per heavy atom. The van der Waals surface area contributed by atoms with Crippen molar-refractivity contribution in [1.29, 1.82) is 0 Å². The van der Waals surface area contributed by atoms with Crippen LogP contribution in [0.2, 0.25) is 0 Å². The van der Waals surface area contributed by atoms with Gasteiger partial charge in [-0.2, -0.15) is 0 Å². The van der Waals surface area contributed by atoms with E-state index in [9.17, 15) is 9.59 Å². The van der Waals surface area contributed by atoms with E-state index in [1.807, 2.05) is 19.1 Å². The van der Waals surface area contributed by atoms with Crippen LogP contribution >= 0.6 is 0 Å². The lowest BCUT2D eigenvalue weighted by Crippen LogP contribution is -2.58. The maximum atomic E-state index is 13.2. The van der Waals surface area contributed by atoms with E-state index in [0.717, 1.165) is 64.1 Å². The van der Waals surface area contributed by atoms with Crippen LogP contribution in [-0.2, 0) is 27.9 Å². The minimum Gasteiger partial charge on any atom is -0.466 e. The smallest absolute Gasteiger partial charge is 0.313 e. The summed E-state index contributed by atoms with van der Waals surface area (Å²) in [7, 11) is 1.78. The molecule has 1 aromatic rings. The van der Waals surface area contributed by atoms with Crippen molar-refractivity contribution in [3.63, 3.8) is 0 Å². The van der Waals surface area contributed by atoms with Gasteiger partial charge in [0.2, 0.25) is 0 Å². The Morgan fingerprint density at radius 2 is 2.07 bits per heavy atom. The van der Waals surface area contributed by atoms with Crippen LogP contribution in [0.4, 0.5) is 0 Å². The van der Waals surface area contributed by atoms with Crippen LogP contribution in [0.15, 0.2) is 23.1 Å². The van der Waals surface area contributed by atoms with Crippen molar-refractivity contribution in [3.05, 3.63) is 34.2 Å². The molecule has 0 amide bonds. The Balaban J connectivity index is 1.51. The number of hydrogen-bond acceptors (Lipinski definition) is 6. The highest BCUT2D eigenvalue weighted by Gasteiger charge is 2.53. The normalized spacial score (nSPS) is 30.6. The second kappa shape index (κ2) is 9.20. The molecular weight excluding hydrogens is 382 g/mol. The highest BCUT2D eigenvalue weighted by molar-refractivity contribution is 5.78. The van der Waals surface area contributed by atoms with E-state index >= 15 is 0 Å². The predicted octanol–water partition coefficient (Wildman–Crippen LogP) is 1.64. The number of carbonyl (C=O) groups is 1. The first-order valence-corrected chi connectivity index (χ1v) is 11.4. The third-order valence-corrected chi connectivity index (χ3v) is 7.40. The van der Waals surface area contributed by atoms with Crippen molar-refractivity contribution < 1.29 is 14.3 Å². The van der Waals surface area contributed by atoms with E-state index in [1.54, 1.807) is 17.8 Å². The average molecular weight is 418 g/mol. The number of pyridine rings is 1. The zero-order valence-electron chi connectivity index (χ0n) is 18.3. The molecule has 0 aromatic carbocycles. The van der Waals surface area contributed by atoms with Crippen molar-refractivity contribution in [2.75, 3.05) is 46.0 Å². The summed E-state index contributed by atoms with van der Waals surface area (Å²) in [5.74, 6) is 0.300. The van der Waals surface area contributed by atoms with Crippen LogP contribution < -0.4 is 5.56 Å². The number of likely N-dealkylation sites (tertiary alicyclic amines) is 1. The molecule has 4 rings (SSSR count). The molecule has 2 aliphatic heterocycles. The summed E-state index contributed by atoms with van der Waals surface area (Å²) in [6, 6.07) is 4.35. The standard InChI is InChI=1S/C23H35N3O4/c1-3-30-22(28)23-8-6-20(26-11-13-29-14-12-26)15-19(23)7-10-25(17-23)16-18-5-4-9-24(2)21(18)27/h4-5,9,19-20H,3,6-8,10-17H2,1-2H3/t19-,20+,23-/m1/s1. The SMILES string of the molecule is CCOC(=O)[C@@]12CC[C@H](N3CCOCC3)C[C@H]1CCN(Cc1cccn(C)c1=O)C2. The maximum Gasteiger partial charge on any atom is 0.313 e. The number of aromatic nitrogens is 1. The molecule has 3 atom stereocenters. The van der Waals surface area contributed by atoms with E-state index in [0.29, 0.717) is 31.7 Å². The van der Waals surface area contributed by atoms with Gasteiger partial charge < -0.3 is 14.0 Å². The van der Waals surface area contributed by atoms with E-state index in [4.69, 9.17) is 9.47 Å². The summed E-state index contributed by atoms with van der Waals surface area (Å²) in [4.78, 5) is 30.5. The van der Waals surface area contributed by atoms with Gasteiger partial charge in [0.05, 0.1) is 25.2 Å². The lowest BCUT2D eigenvalue weighted by Gasteiger charge is -2.52. The summed E-state index contributed by atoms with van der Waals surface area (Å²) in [6.45, 7) is 8.10. The number of aryl methyl sites for hydroxylation is 1. The number of morpholine rings is 1. The molecule has 3 aliphatic rings. The number of esters is 1. The summed E-state index contributed by atoms with van der Waals surface area (Å²) in [5, 5.41) is 0. The zero-order valence-corrected chi connectivity index (χ0v) is 18.3. The predicted molar refractivity (Wildman–Crippen MR) is 114 cm³/mol. The van der Waals surface area contributed by atoms with E-state index < -0.39 is 5.41 Å². The number of rotatable bonds is 5. The van der Waals surface area contributed by atoms with Gasteiger partial charge in [-0.05, 0) is 51.1 Å². The minimum atomic E-state index is -0.447. The Kier molecular flexibility index (Phi) is 6.60. The molecule has 0 unspecified atom stereocenters. The van der Waals surface area contributed by atoms with Gasteiger partial charge >= 0.3 is 5.97 Å². The molecular formula is C23H35N3O4. The molecule has 2 saturated heterocycles. The molecule has 166 valence electrons. The molecule has 0 spiro atoms. The molecule has 0 radical (unpaired) electrons. The fourth-order valence-corrected chi connectivity index (χ4v) is 5.75. The van der Waals surface area contributed by atoms with Gasteiger partial charge in [-0.25, -0.2) is 0 Å². The highest BCUT2D eigenvalue weighted by Crippen LogP contribution is 2.48. The number of fused-ring (bicyclic) bond motifs is 1. The van der Waals surface area contributed by atoms with E-state index in [-0.39, 0.29) is 11.5 Å². The fraction of sp³-hybridized carbons (Fsp3) is 0.739.